The Morgan fingerprint density at radius 3 is 3.00 bits per heavy atom. The minimum absolute atomic E-state index is 0.0481. The van der Waals surface area contributed by atoms with E-state index in [1.54, 1.807) is 16.9 Å². The third kappa shape index (κ3) is 1.57. The molecule has 5 heteroatoms. The van der Waals surface area contributed by atoms with Crippen LogP contribution in [-0.4, -0.2) is 9.78 Å². The molecule has 1 aliphatic carbocycles. The van der Waals surface area contributed by atoms with Crippen LogP contribution in [0.3, 0.4) is 0 Å². The van der Waals surface area contributed by atoms with Crippen molar-refractivity contribution >= 4 is 21.7 Å². The van der Waals surface area contributed by atoms with Gasteiger partial charge in [0, 0.05) is 0 Å². The first-order chi connectivity index (χ1) is 8.18. The van der Waals surface area contributed by atoms with E-state index in [1.807, 2.05) is 6.07 Å². The number of anilines is 1. The summed E-state index contributed by atoms with van der Waals surface area (Å²) in [6.07, 6.45) is 3.25. The fourth-order valence-corrected chi connectivity index (χ4v) is 2.71. The summed E-state index contributed by atoms with van der Waals surface area (Å²) in [5.41, 5.74) is 7.73. The predicted molar refractivity (Wildman–Crippen MR) is 67.2 cm³/mol. The van der Waals surface area contributed by atoms with Crippen LogP contribution in [-0.2, 0) is 6.42 Å². The van der Waals surface area contributed by atoms with Crippen LogP contribution in [0.5, 0.6) is 0 Å². The van der Waals surface area contributed by atoms with Gasteiger partial charge in [0.15, 0.2) is 0 Å². The van der Waals surface area contributed by atoms with E-state index >= 15 is 0 Å². The highest BCUT2D eigenvalue weighted by molar-refractivity contribution is 9.10. The van der Waals surface area contributed by atoms with Gasteiger partial charge in [-0.05, 0) is 46.0 Å². The van der Waals surface area contributed by atoms with Crippen molar-refractivity contribution in [3.05, 3.63) is 45.8 Å². The van der Waals surface area contributed by atoms with Gasteiger partial charge in [-0.3, -0.25) is 0 Å². The Kier molecular flexibility index (Phi) is 2.43. The molecule has 0 spiro atoms. The first-order valence-corrected chi connectivity index (χ1v) is 6.23. The summed E-state index contributed by atoms with van der Waals surface area (Å²) >= 11 is 3.34. The molecule has 0 aliphatic heterocycles. The number of nitrogens with two attached hydrogens (primary N) is 1. The summed E-state index contributed by atoms with van der Waals surface area (Å²) in [5.74, 6) is 0.460. The minimum atomic E-state index is -0.130. The summed E-state index contributed by atoms with van der Waals surface area (Å²) in [4.78, 5) is 0. The number of aromatic nitrogens is 2. The quantitative estimate of drug-likeness (QED) is 0.879. The van der Waals surface area contributed by atoms with E-state index in [2.05, 4.69) is 21.0 Å². The van der Waals surface area contributed by atoms with Gasteiger partial charge in [0.05, 0.1) is 16.7 Å². The second-order valence-corrected chi connectivity index (χ2v) is 5.04. The van der Waals surface area contributed by atoms with Crippen molar-refractivity contribution in [2.45, 2.75) is 18.9 Å². The molecule has 1 aliphatic rings. The van der Waals surface area contributed by atoms with Crippen molar-refractivity contribution in [2.24, 2.45) is 0 Å². The zero-order valence-electron chi connectivity index (χ0n) is 9.03. The van der Waals surface area contributed by atoms with Gasteiger partial charge < -0.3 is 5.73 Å². The van der Waals surface area contributed by atoms with E-state index in [0.29, 0.717) is 5.82 Å². The van der Waals surface area contributed by atoms with Gasteiger partial charge in [-0.2, -0.15) is 5.10 Å². The molecule has 3 nitrogen and oxygen atoms in total. The fourth-order valence-electron chi connectivity index (χ4n) is 2.44. The highest BCUT2D eigenvalue weighted by Gasteiger charge is 2.28. The van der Waals surface area contributed by atoms with Crippen LogP contribution in [0.2, 0.25) is 0 Å². The maximum absolute atomic E-state index is 13.6. The molecule has 1 aromatic carbocycles. The lowest BCUT2D eigenvalue weighted by atomic mass is 10.1. The number of fused-ring (bicyclic) bond motifs is 1. The van der Waals surface area contributed by atoms with Crippen molar-refractivity contribution in [1.82, 2.24) is 9.78 Å². The first kappa shape index (κ1) is 10.8. The van der Waals surface area contributed by atoms with Crippen LogP contribution in [0.1, 0.15) is 23.6 Å². The van der Waals surface area contributed by atoms with Crippen molar-refractivity contribution in [3.8, 4) is 0 Å². The summed E-state index contributed by atoms with van der Waals surface area (Å²) in [7, 11) is 0. The molecule has 1 heterocycles. The maximum atomic E-state index is 13.6. The summed E-state index contributed by atoms with van der Waals surface area (Å²) in [6.45, 7) is 0. The van der Waals surface area contributed by atoms with Gasteiger partial charge in [-0.1, -0.05) is 12.1 Å². The fraction of sp³-hybridized carbons (Fsp3) is 0.250. The number of rotatable bonds is 1. The molecule has 1 unspecified atom stereocenters. The van der Waals surface area contributed by atoms with Crippen LogP contribution in [0.25, 0.3) is 0 Å². The van der Waals surface area contributed by atoms with Crippen LogP contribution in [0.15, 0.2) is 28.9 Å². The van der Waals surface area contributed by atoms with E-state index in [9.17, 15) is 4.39 Å². The molecule has 0 saturated heterocycles. The molecular formula is C12H11BrFN3. The molecular weight excluding hydrogens is 285 g/mol. The highest BCUT2D eigenvalue weighted by atomic mass is 79.9. The molecule has 1 atom stereocenters. The molecule has 0 saturated carbocycles. The van der Waals surface area contributed by atoms with Gasteiger partial charge in [-0.25, -0.2) is 9.07 Å². The van der Waals surface area contributed by atoms with E-state index < -0.39 is 0 Å². The summed E-state index contributed by atoms with van der Waals surface area (Å²) in [5, 5.41) is 4.25. The van der Waals surface area contributed by atoms with Crippen molar-refractivity contribution < 1.29 is 4.39 Å². The van der Waals surface area contributed by atoms with Gasteiger partial charge in [0.1, 0.15) is 11.6 Å². The average Bonchev–Trinajstić information content (AvgIpc) is 2.86. The molecule has 1 aromatic heterocycles. The van der Waals surface area contributed by atoms with E-state index in [4.69, 9.17) is 5.73 Å². The predicted octanol–water partition coefficient (Wildman–Crippen LogP) is 2.90. The number of halogens is 2. The van der Waals surface area contributed by atoms with E-state index in [1.165, 1.54) is 6.07 Å². The van der Waals surface area contributed by atoms with Crippen LogP contribution in [0, 0.1) is 5.82 Å². The monoisotopic (exact) mass is 295 g/mol. The first-order valence-electron chi connectivity index (χ1n) is 5.44. The summed E-state index contributed by atoms with van der Waals surface area (Å²) < 4.78 is 16.2. The van der Waals surface area contributed by atoms with Gasteiger partial charge in [0.2, 0.25) is 0 Å². The molecule has 0 bridgehead atoms. The maximum Gasteiger partial charge on any atom is 0.136 e. The molecule has 2 aromatic rings. The lowest BCUT2D eigenvalue weighted by molar-refractivity contribution is 0.527. The molecule has 2 N–H and O–H groups in total. The van der Waals surface area contributed by atoms with Crippen LogP contribution >= 0.6 is 15.9 Å². The third-order valence-electron chi connectivity index (χ3n) is 3.26. The SMILES string of the molecule is Nc1c(Br)cnn1C1CCc2c(F)cccc21. The minimum Gasteiger partial charge on any atom is -0.383 e. The number of hydrogen-bond donors (Lipinski definition) is 1. The lowest BCUT2D eigenvalue weighted by Crippen LogP contribution is -2.12. The highest BCUT2D eigenvalue weighted by Crippen LogP contribution is 2.37. The van der Waals surface area contributed by atoms with E-state index in [-0.39, 0.29) is 11.9 Å². The largest absolute Gasteiger partial charge is 0.383 e. The Morgan fingerprint density at radius 2 is 2.29 bits per heavy atom. The van der Waals surface area contributed by atoms with Crippen LogP contribution in [0.4, 0.5) is 10.2 Å². The van der Waals surface area contributed by atoms with Gasteiger partial charge in [0.25, 0.3) is 0 Å². The smallest absolute Gasteiger partial charge is 0.136 e. The van der Waals surface area contributed by atoms with E-state index in [0.717, 1.165) is 28.4 Å². The molecule has 0 amide bonds. The topological polar surface area (TPSA) is 43.8 Å². The number of hydrogen-bond acceptors (Lipinski definition) is 2. The van der Waals surface area contributed by atoms with Gasteiger partial charge >= 0.3 is 0 Å². The zero-order chi connectivity index (χ0) is 12.0. The second kappa shape index (κ2) is 3.84. The Bertz CT molecular complexity index is 579. The Hall–Kier alpha value is -1.36. The number of benzene rings is 1. The summed E-state index contributed by atoms with van der Waals surface area (Å²) in [6, 6.07) is 5.24. The number of nitrogens with zero attached hydrogens (tertiary/aromatic N) is 2. The molecule has 0 fully saturated rings. The van der Waals surface area contributed by atoms with Crippen molar-refractivity contribution in [3.63, 3.8) is 0 Å². The van der Waals surface area contributed by atoms with Crippen molar-refractivity contribution in [1.29, 1.82) is 0 Å². The Morgan fingerprint density at radius 1 is 1.47 bits per heavy atom. The molecule has 0 radical (unpaired) electrons. The Labute approximate surface area is 107 Å². The molecule has 17 heavy (non-hydrogen) atoms. The lowest BCUT2D eigenvalue weighted by Gasteiger charge is -2.14. The average molecular weight is 296 g/mol. The van der Waals surface area contributed by atoms with Crippen molar-refractivity contribution in [2.75, 3.05) is 5.73 Å². The second-order valence-electron chi connectivity index (χ2n) is 4.18. The van der Waals surface area contributed by atoms with Crippen LogP contribution < -0.4 is 5.73 Å². The molecule has 88 valence electrons. The molecule has 3 rings (SSSR count). The third-order valence-corrected chi connectivity index (χ3v) is 3.88. The van der Waals surface area contributed by atoms with Gasteiger partial charge in [-0.15, -0.1) is 0 Å². The normalized spacial score (nSPS) is 18.4. The zero-order valence-corrected chi connectivity index (χ0v) is 10.6. The standard InChI is InChI=1S/C12H11BrFN3/c13-9-6-16-17(12(9)15)11-5-4-7-8(11)2-1-3-10(7)14/h1-3,6,11H,4-5,15H2. The Balaban J connectivity index is 2.10. The number of nitrogen functional groups attached to an aromatic ring is 1.